The van der Waals surface area contributed by atoms with Gasteiger partial charge in [0, 0.05) is 17.7 Å². The van der Waals surface area contributed by atoms with E-state index >= 15 is 0 Å². The van der Waals surface area contributed by atoms with Crippen molar-refractivity contribution >= 4 is 23.4 Å². The van der Waals surface area contributed by atoms with Crippen LogP contribution in [0.25, 0.3) is 11.5 Å². The number of carbonyl (C=O) groups excluding carboxylic acids is 1. The number of non-ortho nitro benzene ring substituents is 1. The van der Waals surface area contributed by atoms with Crippen molar-refractivity contribution in [3.05, 3.63) is 70.3 Å². The molecule has 1 heterocycles. The molecule has 1 atom stereocenters. The van der Waals surface area contributed by atoms with E-state index in [2.05, 4.69) is 22.4 Å². The molecule has 0 radical (unpaired) electrons. The fraction of sp³-hybridized carbons (Fsp3) is 0.250. The van der Waals surface area contributed by atoms with Gasteiger partial charge < -0.3 is 9.73 Å². The maximum atomic E-state index is 12.4. The molecule has 1 N–H and O–H groups in total. The number of nitro groups is 1. The number of benzene rings is 2. The van der Waals surface area contributed by atoms with E-state index in [0.717, 1.165) is 30.2 Å². The van der Waals surface area contributed by atoms with Crippen LogP contribution in [0.5, 0.6) is 0 Å². The highest BCUT2D eigenvalue weighted by Gasteiger charge is 2.16. The summed E-state index contributed by atoms with van der Waals surface area (Å²) in [6, 6.07) is 15.7. The highest BCUT2D eigenvalue weighted by Crippen LogP contribution is 2.26. The molecule has 0 saturated carbocycles. The lowest BCUT2D eigenvalue weighted by Crippen LogP contribution is -2.29. The molecule has 3 rings (SSSR count). The van der Waals surface area contributed by atoms with Gasteiger partial charge in [0.15, 0.2) is 0 Å². The first-order valence-corrected chi connectivity index (χ1v) is 10.1. The SMILES string of the molecule is CCC[C@H](NC(=O)CSc1nnc(-c2cccc([N+](=O)[O-])c2)o1)c1ccccc1. The molecule has 0 spiro atoms. The van der Waals surface area contributed by atoms with Crippen LogP contribution >= 0.6 is 11.8 Å². The summed E-state index contributed by atoms with van der Waals surface area (Å²) in [5.74, 6) is 0.168. The largest absolute Gasteiger partial charge is 0.411 e. The van der Waals surface area contributed by atoms with Crippen LogP contribution in [0.3, 0.4) is 0 Å². The Morgan fingerprint density at radius 3 is 2.72 bits per heavy atom. The van der Waals surface area contributed by atoms with E-state index in [0.29, 0.717) is 5.56 Å². The molecule has 0 saturated heterocycles. The Labute approximate surface area is 171 Å². The molecule has 3 aromatic rings. The molecule has 1 aromatic heterocycles. The summed E-state index contributed by atoms with van der Waals surface area (Å²) in [5.41, 5.74) is 1.46. The van der Waals surface area contributed by atoms with E-state index in [4.69, 9.17) is 4.42 Å². The summed E-state index contributed by atoms with van der Waals surface area (Å²) >= 11 is 1.12. The second-order valence-corrected chi connectivity index (χ2v) is 7.22. The van der Waals surface area contributed by atoms with Crippen LogP contribution in [0.4, 0.5) is 5.69 Å². The van der Waals surface area contributed by atoms with E-state index in [1.54, 1.807) is 12.1 Å². The number of hydrogen-bond acceptors (Lipinski definition) is 7. The Kier molecular flexibility index (Phi) is 6.96. The number of thioether (sulfide) groups is 1. The Bertz CT molecular complexity index is 977. The van der Waals surface area contributed by atoms with Gasteiger partial charge in [0.25, 0.3) is 10.9 Å². The minimum Gasteiger partial charge on any atom is -0.411 e. The first-order valence-electron chi connectivity index (χ1n) is 9.12. The summed E-state index contributed by atoms with van der Waals surface area (Å²) in [6.45, 7) is 2.07. The number of nitro benzene ring substituents is 1. The summed E-state index contributed by atoms with van der Waals surface area (Å²) in [6.07, 6.45) is 1.79. The molecule has 9 heteroatoms. The normalized spacial score (nSPS) is 11.8. The number of rotatable bonds is 9. The average Bonchev–Trinajstić information content (AvgIpc) is 3.22. The topological polar surface area (TPSA) is 111 Å². The highest BCUT2D eigenvalue weighted by atomic mass is 32.2. The Morgan fingerprint density at radius 2 is 2.00 bits per heavy atom. The number of nitrogens with zero attached hydrogens (tertiary/aromatic N) is 3. The molecule has 0 fully saturated rings. The van der Waals surface area contributed by atoms with Gasteiger partial charge in [-0.15, -0.1) is 10.2 Å². The van der Waals surface area contributed by atoms with Crippen LogP contribution in [0.15, 0.2) is 64.2 Å². The van der Waals surface area contributed by atoms with Crippen molar-refractivity contribution in [1.82, 2.24) is 15.5 Å². The van der Waals surface area contributed by atoms with Gasteiger partial charge in [-0.25, -0.2) is 0 Å². The Balaban J connectivity index is 1.59. The molecule has 0 bridgehead atoms. The monoisotopic (exact) mass is 412 g/mol. The molecule has 150 valence electrons. The maximum Gasteiger partial charge on any atom is 0.277 e. The third-order valence-corrected chi connectivity index (χ3v) is 4.97. The van der Waals surface area contributed by atoms with Crippen molar-refractivity contribution in [3.8, 4) is 11.5 Å². The highest BCUT2D eigenvalue weighted by molar-refractivity contribution is 7.99. The number of carbonyl (C=O) groups is 1. The summed E-state index contributed by atoms with van der Waals surface area (Å²) < 4.78 is 5.53. The molecule has 0 aliphatic rings. The van der Waals surface area contributed by atoms with Crippen molar-refractivity contribution in [1.29, 1.82) is 0 Å². The Morgan fingerprint density at radius 1 is 1.21 bits per heavy atom. The van der Waals surface area contributed by atoms with Crippen LogP contribution in [-0.2, 0) is 4.79 Å². The van der Waals surface area contributed by atoms with Crippen LogP contribution in [0.2, 0.25) is 0 Å². The fourth-order valence-electron chi connectivity index (χ4n) is 2.80. The smallest absolute Gasteiger partial charge is 0.277 e. The Hall–Kier alpha value is -3.20. The van der Waals surface area contributed by atoms with Crippen LogP contribution in [0, 0.1) is 10.1 Å². The van der Waals surface area contributed by atoms with Crippen molar-refractivity contribution < 1.29 is 14.1 Å². The van der Waals surface area contributed by atoms with Gasteiger partial charge in [-0.05, 0) is 18.1 Å². The van der Waals surface area contributed by atoms with Crippen molar-refractivity contribution in [2.45, 2.75) is 31.0 Å². The predicted molar refractivity (Wildman–Crippen MR) is 109 cm³/mol. The zero-order chi connectivity index (χ0) is 20.6. The first-order chi connectivity index (χ1) is 14.1. The predicted octanol–water partition coefficient (Wildman–Crippen LogP) is 4.39. The third kappa shape index (κ3) is 5.64. The van der Waals surface area contributed by atoms with E-state index in [1.165, 1.54) is 12.1 Å². The minimum absolute atomic E-state index is 0.0441. The summed E-state index contributed by atoms with van der Waals surface area (Å²) in [5, 5.41) is 22.0. The third-order valence-electron chi connectivity index (χ3n) is 4.15. The molecule has 0 aliphatic heterocycles. The second kappa shape index (κ2) is 9.83. The van der Waals surface area contributed by atoms with Gasteiger partial charge in [-0.1, -0.05) is 61.5 Å². The van der Waals surface area contributed by atoms with Gasteiger partial charge >= 0.3 is 0 Å². The number of amides is 1. The summed E-state index contributed by atoms with van der Waals surface area (Å²) in [4.78, 5) is 22.8. The fourth-order valence-corrected chi connectivity index (χ4v) is 3.37. The number of hydrogen-bond donors (Lipinski definition) is 1. The molecular weight excluding hydrogens is 392 g/mol. The van der Waals surface area contributed by atoms with E-state index in [1.807, 2.05) is 30.3 Å². The van der Waals surface area contributed by atoms with E-state index in [9.17, 15) is 14.9 Å². The van der Waals surface area contributed by atoms with Gasteiger partial charge in [-0.2, -0.15) is 0 Å². The molecular formula is C20H20N4O4S. The quantitative estimate of drug-likeness (QED) is 0.315. The molecule has 0 aliphatic carbocycles. The average molecular weight is 412 g/mol. The van der Waals surface area contributed by atoms with Crippen LogP contribution in [0.1, 0.15) is 31.4 Å². The van der Waals surface area contributed by atoms with Crippen LogP contribution < -0.4 is 5.32 Å². The van der Waals surface area contributed by atoms with E-state index < -0.39 is 4.92 Å². The number of nitrogens with one attached hydrogen (secondary N) is 1. The van der Waals surface area contributed by atoms with Gasteiger partial charge in [0.2, 0.25) is 11.8 Å². The van der Waals surface area contributed by atoms with Gasteiger partial charge in [0.1, 0.15) is 0 Å². The lowest BCUT2D eigenvalue weighted by Gasteiger charge is -2.18. The maximum absolute atomic E-state index is 12.4. The van der Waals surface area contributed by atoms with Crippen molar-refractivity contribution in [2.24, 2.45) is 0 Å². The van der Waals surface area contributed by atoms with Gasteiger partial charge in [0.05, 0.1) is 16.7 Å². The molecule has 2 aromatic carbocycles. The molecule has 0 unspecified atom stereocenters. The minimum atomic E-state index is -0.487. The molecule has 8 nitrogen and oxygen atoms in total. The lowest BCUT2D eigenvalue weighted by molar-refractivity contribution is -0.384. The second-order valence-electron chi connectivity index (χ2n) is 6.29. The van der Waals surface area contributed by atoms with E-state index in [-0.39, 0.29) is 34.5 Å². The zero-order valence-corrected chi connectivity index (χ0v) is 16.6. The standard InChI is InChI=1S/C20H20N4O4S/c1-2-7-17(14-8-4-3-5-9-14)21-18(25)13-29-20-23-22-19(28-20)15-10-6-11-16(12-15)24(26)27/h3-6,8-12,17H,2,7,13H2,1H3,(H,21,25)/t17-/m0/s1. The summed E-state index contributed by atoms with van der Waals surface area (Å²) in [7, 11) is 0. The van der Waals surface area contributed by atoms with Gasteiger partial charge in [-0.3, -0.25) is 14.9 Å². The van der Waals surface area contributed by atoms with Crippen LogP contribution in [-0.4, -0.2) is 26.8 Å². The van der Waals surface area contributed by atoms with Crippen molar-refractivity contribution in [2.75, 3.05) is 5.75 Å². The first kappa shape index (κ1) is 20.5. The zero-order valence-electron chi connectivity index (χ0n) is 15.8. The molecule has 1 amide bonds. The molecule has 29 heavy (non-hydrogen) atoms. The number of aromatic nitrogens is 2. The van der Waals surface area contributed by atoms with Crippen molar-refractivity contribution in [3.63, 3.8) is 0 Å². The lowest BCUT2D eigenvalue weighted by atomic mass is 10.0.